The Balaban J connectivity index is 2.06. The van der Waals surface area contributed by atoms with E-state index in [1.807, 2.05) is 6.92 Å². The normalized spacial score (nSPS) is 11.0. The van der Waals surface area contributed by atoms with Gasteiger partial charge in [0.2, 0.25) is 5.28 Å². The minimum Gasteiger partial charge on any atom is -0.341 e. The highest BCUT2D eigenvalue weighted by Crippen LogP contribution is 2.30. The first-order valence-corrected chi connectivity index (χ1v) is 6.24. The van der Waals surface area contributed by atoms with Gasteiger partial charge in [0.15, 0.2) is 5.65 Å². The molecule has 0 spiro atoms. The zero-order valence-electron chi connectivity index (χ0n) is 9.25. The second-order valence-corrected chi connectivity index (χ2v) is 4.82. The number of fused-ring (bicyclic) bond motifs is 1. The van der Waals surface area contributed by atoms with Crippen molar-refractivity contribution in [3.05, 3.63) is 29.7 Å². The maximum atomic E-state index is 5.79. The molecule has 0 aliphatic carbocycles. The average molecular weight is 279 g/mol. The number of aromatic amines is 1. The van der Waals surface area contributed by atoms with Crippen LogP contribution in [0.5, 0.6) is 0 Å². The number of nitrogens with zero attached hydrogens (tertiary/aromatic N) is 5. The molecule has 3 aromatic heterocycles. The lowest BCUT2D eigenvalue weighted by molar-refractivity contribution is 0.995. The summed E-state index contributed by atoms with van der Waals surface area (Å²) in [5.41, 5.74) is 2.36. The fraction of sp³-hybridized carbons (Fsp3) is 0.100. The molecule has 3 aromatic rings. The van der Waals surface area contributed by atoms with Crippen LogP contribution in [0.3, 0.4) is 0 Å². The van der Waals surface area contributed by atoms with E-state index >= 15 is 0 Å². The second-order valence-electron chi connectivity index (χ2n) is 3.51. The smallest absolute Gasteiger partial charge is 0.223 e. The minimum absolute atomic E-state index is 0.220. The number of imidazole rings is 1. The van der Waals surface area contributed by atoms with Crippen LogP contribution in [0.15, 0.2) is 28.9 Å². The van der Waals surface area contributed by atoms with Crippen molar-refractivity contribution in [3.8, 4) is 0 Å². The van der Waals surface area contributed by atoms with Crippen LogP contribution in [0, 0.1) is 6.92 Å². The second kappa shape index (κ2) is 4.51. The summed E-state index contributed by atoms with van der Waals surface area (Å²) in [5.74, 6) is 0. The van der Waals surface area contributed by atoms with Gasteiger partial charge in [0, 0.05) is 11.8 Å². The number of H-pyrrole nitrogens is 1. The Kier molecular flexibility index (Phi) is 2.85. The van der Waals surface area contributed by atoms with Gasteiger partial charge in [-0.2, -0.15) is 0 Å². The molecule has 6 nitrogen and oxygen atoms in total. The number of halogens is 1. The summed E-state index contributed by atoms with van der Waals surface area (Å²) in [5, 5.41) is 1.75. The molecule has 0 saturated carbocycles. The van der Waals surface area contributed by atoms with Crippen LogP contribution >= 0.6 is 23.4 Å². The summed E-state index contributed by atoms with van der Waals surface area (Å²) in [4.78, 5) is 23.5. The van der Waals surface area contributed by atoms with Gasteiger partial charge in [-0.1, -0.05) is 0 Å². The predicted molar refractivity (Wildman–Crippen MR) is 67.6 cm³/mol. The molecule has 18 heavy (non-hydrogen) atoms. The van der Waals surface area contributed by atoms with Crippen molar-refractivity contribution in [2.24, 2.45) is 0 Å². The molecule has 8 heteroatoms. The lowest BCUT2D eigenvalue weighted by Gasteiger charge is -2.03. The van der Waals surface area contributed by atoms with E-state index in [1.54, 1.807) is 12.5 Å². The number of hydrogen-bond acceptors (Lipinski definition) is 6. The van der Waals surface area contributed by atoms with Gasteiger partial charge >= 0.3 is 0 Å². The van der Waals surface area contributed by atoms with E-state index < -0.39 is 0 Å². The Bertz CT molecular complexity index is 712. The van der Waals surface area contributed by atoms with Gasteiger partial charge < -0.3 is 4.98 Å². The topological polar surface area (TPSA) is 80.2 Å². The fourth-order valence-electron chi connectivity index (χ4n) is 1.42. The Labute approximate surface area is 111 Å². The lowest BCUT2D eigenvalue weighted by atomic mass is 10.4. The summed E-state index contributed by atoms with van der Waals surface area (Å²) < 4.78 is 0. The van der Waals surface area contributed by atoms with Crippen molar-refractivity contribution >= 4 is 34.5 Å². The van der Waals surface area contributed by atoms with Gasteiger partial charge in [-0.05, 0) is 30.3 Å². The highest BCUT2D eigenvalue weighted by Gasteiger charge is 2.11. The van der Waals surface area contributed by atoms with E-state index in [0.29, 0.717) is 5.65 Å². The average Bonchev–Trinajstić information content (AvgIpc) is 2.83. The molecule has 0 amide bonds. The lowest BCUT2D eigenvalue weighted by Crippen LogP contribution is -1.92. The molecule has 0 saturated heterocycles. The molecule has 0 aliphatic heterocycles. The van der Waals surface area contributed by atoms with E-state index in [9.17, 15) is 0 Å². The van der Waals surface area contributed by atoms with Crippen molar-refractivity contribution in [2.75, 3.05) is 0 Å². The summed E-state index contributed by atoms with van der Waals surface area (Å²) in [6.07, 6.45) is 4.75. The molecule has 0 aromatic carbocycles. The van der Waals surface area contributed by atoms with Crippen molar-refractivity contribution in [1.29, 1.82) is 0 Å². The molecule has 0 bridgehead atoms. The first-order valence-electron chi connectivity index (χ1n) is 5.05. The van der Waals surface area contributed by atoms with E-state index in [2.05, 4.69) is 29.9 Å². The van der Waals surface area contributed by atoms with Gasteiger partial charge in [0.05, 0.1) is 6.33 Å². The molecule has 3 rings (SSSR count). The van der Waals surface area contributed by atoms with Gasteiger partial charge in [0.1, 0.15) is 21.9 Å². The molecule has 0 unspecified atom stereocenters. The summed E-state index contributed by atoms with van der Waals surface area (Å²) in [7, 11) is 0. The number of aromatic nitrogens is 6. The number of hydrogen-bond donors (Lipinski definition) is 1. The monoisotopic (exact) mass is 278 g/mol. The largest absolute Gasteiger partial charge is 0.341 e. The Morgan fingerprint density at radius 3 is 2.94 bits per heavy atom. The van der Waals surface area contributed by atoms with Crippen LogP contribution < -0.4 is 0 Å². The maximum Gasteiger partial charge on any atom is 0.223 e. The van der Waals surface area contributed by atoms with Crippen LogP contribution in [0.2, 0.25) is 5.28 Å². The van der Waals surface area contributed by atoms with Gasteiger partial charge in [-0.15, -0.1) is 0 Å². The highest BCUT2D eigenvalue weighted by molar-refractivity contribution is 7.99. The summed E-state index contributed by atoms with van der Waals surface area (Å²) in [6, 6.07) is 0. The highest BCUT2D eigenvalue weighted by atomic mass is 35.5. The molecule has 0 radical (unpaired) electrons. The van der Waals surface area contributed by atoms with Crippen LogP contribution in [-0.2, 0) is 0 Å². The van der Waals surface area contributed by atoms with E-state index in [4.69, 9.17) is 11.6 Å². The predicted octanol–water partition coefficient (Wildman–Crippen LogP) is 2.26. The van der Waals surface area contributed by atoms with E-state index in [-0.39, 0.29) is 5.28 Å². The van der Waals surface area contributed by atoms with Crippen molar-refractivity contribution < 1.29 is 0 Å². The zero-order valence-corrected chi connectivity index (χ0v) is 10.8. The molecule has 0 fully saturated rings. The molecular weight excluding hydrogens is 272 g/mol. The molecule has 90 valence electrons. The Morgan fingerprint density at radius 1 is 1.17 bits per heavy atom. The first-order chi connectivity index (χ1) is 8.74. The van der Waals surface area contributed by atoms with Crippen molar-refractivity contribution in [1.82, 2.24) is 29.9 Å². The van der Waals surface area contributed by atoms with E-state index in [0.717, 1.165) is 21.1 Å². The quantitative estimate of drug-likeness (QED) is 0.572. The minimum atomic E-state index is 0.220. The van der Waals surface area contributed by atoms with E-state index in [1.165, 1.54) is 18.1 Å². The van der Waals surface area contributed by atoms with Crippen molar-refractivity contribution in [3.63, 3.8) is 0 Å². The number of aryl methyl sites for hydroxylation is 1. The van der Waals surface area contributed by atoms with Crippen LogP contribution in [-0.4, -0.2) is 29.9 Å². The SMILES string of the molecule is Cc1cnc(Cl)nc1Sc1ncnc2nc[nH]c12. The molecule has 0 atom stereocenters. The Hall–Kier alpha value is -1.73. The van der Waals surface area contributed by atoms with Gasteiger partial charge in [-0.3, -0.25) is 0 Å². The molecular formula is C10H7ClN6S. The van der Waals surface area contributed by atoms with Crippen LogP contribution in [0.1, 0.15) is 5.56 Å². The summed E-state index contributed by atoms with van der Waals surface area (Å²) in [6.45, 7) is 1.92. The van der Waals surface area contributed by atoms with Gasteiger partial charge in [0.25, 0.3) is 0 Å². The fourth-order valence-corrected chi connectivity index (χ4v) is 2.49. The molecule has 1 N–H and O–H groups in total. The third-order valence-electron chi connectivity index (χ3n) is 2.28. The first kappa shape index (κ1) is 11.4. The summed E-state index contributed by atoms with van der Waals surface area (Å²) >= 11 is 7.20. The number of rotatable bonds is 2. The third-order valence-corrected chi connectivity index (χ3v) is 3.57. The van der Waals surface area contributed by atoms with Crippen LogP contribution in [0.4, 0.5) is 0 Å². The van der Waals surface area contributed by atoms with Crippen LogP contribution in [0.25, 0.3) is 11.2 Å². The van der Waals surface area contributed by atoms with Crippen molar-refractivity contribution in [2.45, 2.75) is 17.0 Å². The standard InChI is InChI=1S/C10H7ClN6S/c1-5-2-12-10(11)17-8(5)18-9-6-7(14-3-13-6)15-4-16-9/h2-4H,1H3,(H,13,14,15,16). The maximum absolute atomic E-state index is 5.79. The Morgan fingerprint density at radius 2 is 2.06 bits per heavy atom. The third kappa shape index (κ3) is 2.02. The number of nitrogens with one attached hydrogen (secondary N) is 1. The molecule has 0 aliphatic rings. The zero-order chi connectivity index (χ0) is 12.5. The molecule has 3 heterocycles. The van der Waals surface area contributed by atoms with Gasteiger partial charge in [-0.25, -0.2) is 24.9 Å².